The molecule has 11 heavy (non-hydrogen) atoms. The fraction of sp³-hybridized carbons (Fsp3) is 0.250. The van der Waals surface area contributed by atoms with Crippen LogP contribution >= 0.6 is 11.6 Å². The summed E-state index contributed by atoms with van der Waals surface area (Å²) in [6.45, 7) is 0.945. The molecule has 0 bridgehead atoms. The van der Waals surface area contributed by atoms with Gasteiger partial charge < -0.3 is 0 Å². The molecule has 1 aromatic rings. The molecule has 58 valence electrons. The topological polar surface area (TPSA) is 29.0 Å². The van der Waals surface area contributed by atoms with Crippen LogP contribution in [-0.2, 0) is 0 Å². The van der Waals surface area contributed by atoms with Crippen molar-refractivity contribution < 1.29 is 0 Å². The smallest absolute Gasteiger partial charge is 0.0633 e. The number of nitrogens with two attached hydrogens (primary N) is 1. The Bertz CT molecular complexity index is 275. The molecular weight excluding hydrogens is 160 g/mol. The van der Waals surface area contributed by atoms with E-state index in [1.807, 2.05) is 24.3 Å². The molecule has 0 saturated carbocycles. The van der Waals surface area contributed by atoms with E-state index in [0.717, 1.165) is 11.6 Å². The maximum absolute atomic E-state index is 5.81. The second-order valence-corrected chi connectivity index (χ2v) is 3.20. The molecule has 1 fully saturated rings. The van der Waals surface area contributed by atoms with Crippen LogP contribution in [0.25, 0.3) is 0 Å². The summed E-state index contributed by atoms with van der Waals surface area (Å²) < 4.78 is 0. The quantitative estimate of drug-likeness (QED) is 0.510. The van der Waals surface area contributed by atoms with E-state index in [2.05, 4.69) is 0 Å². The molecule has 2 unspecified atom stereocenters. The normalized spacial score (nSPS) is 28.5. The third kappa shape index (κ3) is 1.38. The lowest BCUT2D eigenvalue weighted by molar-refractivity contribution is 0.548. The molecule has 1 heterocycles. The lowest BCUT2D eigenvalue weighted by Crippen LogP contribution is -2.05. The van der Waals surface area contributed by atoms with E-state index in [1.54, 1.807) is 5.01 Å². The van der Waals surface area contributed by atoms with Crippen LogP contribution in [0.2, 0.25) is 5.02 Å². The molecule has 2 N–H and O–H groups in total. The standard InChI is InChI=1S/C8H9ClN2/c9-7-3-1-2-6(4-7)8-5-11(8)10/h1-4,8H,5,10H2. The second kappa shape index (κ2) is 2.48. The summed E-state index contributed by atoms with van der Waals surface area (Å²) in [6.07, 6.45) is 0. The lowest BCUT2D eigenvalue weighted by Gasteiger charge is -1.97. The van der Waals surface area contributed by atoms with E-state index in [1.165, 1.54) is 5.56 Å². The number of rotatable bonds is 1. The van der Waals surface area contributed by atoms with Crippen molar-refractivity contribution in [2.24, 2.45) is 5.84 Å². The predicted molar refractivity (Wildman–Crippen MR) is 45.1 cm³/mol. The molecule has 2 rings (SSSR count). The molecular formula is C8H9ClN2. The molecule has 1 saturated heterocycles. The number of hydrazine groups is 1. The number of hydrogen-bond donors (Lipinski definition) is 1. The van der Waals surface area contributed by atoms with Gasteiger partial charge in [0.1, 0.15) is 0 Å². The van der Waals surface area contributed by atoms with Crippen molar-refractivity contribution in [2.75, 3.05) is 6.54 Å². The third-order valence-corrected chi connectivity index (χ3v) is 2.12. The molecule has 1 aliphatic rings. The van der Waals surface area contributed by atoms with Gasteiger partial charge in [0, 0.05) is 11.6 Å². The lowest BCUT2D eigenvalue weighted by atomic mass is 10.2. The first kappa shape index (κ1) is 7.10. The molecule has 0 aliphatic carbocycles. The zero-order valence-corrected chi connectivity index (χ0v) is 6.75. The molecule has 3 heteroatoms. The van der Waals surface area contributed by atoms with Gasteiger partial charge in [0.2, 0.25) is 0 Å². The predicted octanol–water partition coefficient (Wildman–Crippen LogP) is 1.57. The zero-order chi connectivity index (χ0) is 7.84. The minimum absolute atomic E-state index is 0.397. The van der Waals surface area contributed by atoms with Crippen LogP contribution in [0.1, 0.15) is 11.6 Å². The highest BCUT2D eigenvalue weighted by atomic mass is 35.5. The second-order valence-electron chi connectivity index (χ2n) is 2.77. The maximum atomic E-state index is 5.81. The van der Waals surface area contributed by atoms with Gasteiger partial charge in [0.05, 0.1) is 6.04 Å². The van der Waals surface area contributed by atoms with Crippen molar-refractivity contribution in [1.82, 2.24) is 5.01 Å². The molecule has 0 spiro atoms. The number of nitrogens with zero attached hydrogens (tertiary/aromatic N) is 1. The molecule has 1 aliphatic heterocycles. The zero-order valence-electron chi connectivity index (χ0n) is 6.00. The Morgan fingerprint density at radius 2 is 2.27 bits per heavy atom. The molecule has 1 aromatic carbocycles. The fourth-order valence-electron chi connectivity index (χ4n) is 1.16. The van der Waals surface area contributed by atoms with Gasteiger partial charge in [-0.1, -0.05) is 23.7 Å². The Morgan fingerprint density at radius 1 is 1.55 bits per heavy atom. The van der Waals surface area contributed by atoms with Gasteiger partial charge in [-0.3, -0.25) is 5.84 Å². The van der Waals surface area contributed by atoms with E-state index >= 15 is 0 Å². The van der Waals surface area contributed by atoms with Crippen LogP contribution in [0, 0.1) is 0 Å². The van der Waals surface area contributed by atoms with Gasteiger partial charge in [-0.15, -0.1) is 0 Å². The summed E-state index contributed by atoms with van der Waals surface area (Å²) in [6, 6.07) is 8.22. The van der Waals surface area contributed by atoms with E-state index in [4.69, 9.17) is 17.4 Å². The highest BCUT2D eigenvalue weighted by molar-refractivity contribution is 6.30. The fourth-order valence-corrected chi connectivity index (χ4v) is 1.36. The van der Waals surface area contributed by atoms with Crippen molar-refractivity contribution >= 4 is 11.6 Å². The van der Waals surface area contributed by atoms with Gasteiger partial charge >= 0.3 is 0 Å². The minimum Gasteiger partial charge on any atom is -0.268 e. The van der Waals surface area contributed by atoms with Crippen LogP contribution in [0.3, 0.4) is 0 Å². The highest BCUT2D eigenvalue weighted by Gasteiger charge is 2.32. The number of halogens is 1. The van der Waals surface area contributed by atoms with Crippen LogP contribution in [0.4, 0.5) is 0 Å². The van der Waals surface area contributed by atoms with Crippen LogP contribution in [-0.4, -0.2) is 11.6 Å². The summed E-state index contributed by atoms with van der Waals surface area (Å²) in [5.74, 6) is 5.54. The summed E-state index contributed by atoms with van der Waals surface area (Å²) >= 11 is 5.81. The van der Waals surface area contributed by atoms with Crippen molar-refractivity contribution in [1.29, 1.82) is 0 Å². The maximum Gasteiger partial charge on any atom is 0.0633 e. The van der Waals surface area contributed by atoms with Gasteiger partial charge in [-0.2, -0.15) is 0 Å². The van der Waals surface area contributed by atoms with E-state index in [-0.39, 0.29) is 0 Å². The molecule has 2 nitrogen and oxygen atoms in total. The summed E-state index contributed by atoms with van der Waals surface area (Å²) in [5.41, 5.74) is 1.21. The summed E-state index contributed by atoms with van der Waals surface area (Å²) in [5, 5.41) is 2.56. The van der Waals surface area contributed by atoms with E-state index < -0.39 is 0 Å². The van der Waals surface area contributed by atoms with Crippen LogP contribution in [0.15, 0.2) is 24.3 Å². The first-order valence-electron chi connectivity index (χ1n) is 3.54. The molecule has 2 atom stereocenters. The van der Waals surface area contributed by atoms with E-state index in [0.29, 0.717) is 6.04 Å². The molecule has 0 radical (unpaired) electrons. The average molecular weight is 169 g/mol. The largest absolute Gasteiger partial charge is 0.268 e. The van der Waals surface area contributed by atoms with Gasteiger partial charge in [-0.05, 0) is 17.7 Å². The summed E-state index contributed by atoms with van der Waals surface area (Å²) in [4.78, 5) is 0. The Morgan fingerprint density at radius 3 is 2.82 bits per heavy atom. The number of benzene rings is 1. The van der Waals surface area contributed by atoms with Gasteiger partial charge in [0.25, 0.3) is 0 Å². The van der Waals surface area contributed by atoms with Crippen molar-refractivity contribution in [3.63, 3.8) is 0 Å². The SMILES string of the molecule is NN1CC1c1cccc(Cl)c1. The summed E-state index contributed by atoms with van der Waals surface area (Å²) in [7, 11) is 0. The van der Waals surface area contributed by atoms with Gasteiger partial charge in [-0.25, -0.2) is 5.01 Å². The Labute approximate surface area is 70.5 Å². The van der Waals surface area contributed by atoms with Crippen molar-refractivity contribution in [3.05, 3.63) is 34.9 Å². The first-order chi connectivity index (χ1) is 5.27. The Hall–Kier alpha value is -0.570. The van der Waals surface area contributed by atoms with E-state index in [9.17, 15) is 0 Å². The Kier molecular flexibility index (Phi) is 1.60. The van der Waals surface area contributed by atoms with Crippen molar-refractivity contribution in [3.8, 4) is 0 Å². The number of hydrogen-bond acceptors (Lipinski definition) is 2. The van der Waals surface area contributed by atoms with Gasteiger partial charge in [0.15, 0.2) is 0 Å². The molecule has 0 amide bonds. The minimum atomic E-state index is 0.397. The third-order valence-electron chi connectivity index (χ3n) is 1.88. The average Bonchev–Trinajstić information content (AvgIpc) is 2.67. The molecule has 0 aromatic heterocycles. The van der Waals surface area contributed by atoms with Crippen LogP contribution in [0.5, 0.6) is 0 Å². The monoisotopic (exact) mass is 168 g/mol. The Balaban J connectivity index is 2.25. The highest BCUT2D eigenvalue weighted by Crippen LogP contribution is 2.31. The van der Waals surface area contributed by atoms with Crippen LogP contribution < -0.4 is 5.84 Å². The first-order valence-corrected chi connectivity index (χ1v) is 3.92. The van der Waals surface area contributed by atoms with Crippen molar-refractivity contribution in [2.45, 2.75) is 6.04 Å².